The zero-order valence-electron chi connectivity index (χ0n) is 14.6. The molecular formula is C19H18N4O4. The van der Waals surface area contributed by atoms with Crippen LogP contribution in [0.3, 0.4) is 0 Å². The molecule has 1 saturated heterocycles. The number of furan rings is 2. The van der Waals surface area contributed by atoms with Gasteiger partial charge < -0.3 is 23.5 Å². The molecular weight excluding hydrogens is 348 g/mol. The van der Waals surface area contributed by atoms with E-state index in [1.807, 2.05) is 11.0 Å². The molecule has 0 aromatic carbocycles. The van der Waals surface area contributed by atoms with Crippen molar-refractivity contribution in [3.63, 3.8) is 0 Å². The van der Waals surface area contributed by atoms with Crippen molar-refractivity contribution in [2.45, 2.75) is 19.4 Å². The average Bonchev–Trinajstić information content (AvgIpc) is 3.47. The van der Waals surface area contributed by atoms with Crippen molar-refractivity contribution >= 4 is 11.8 Å². The van der Waals surface area contributed by atoms with Crippen molar-refractivity contribution in [3.8, 4) is 17.7 Å². The Balaban J connectivity index is 1.38. The molecule has 0 bridgehead atoms. The number of carbonyl (C=O) groups excluding carboxylic acids is 1. The molecule has 1 fully saturated rings. The molecule has 1 aliphatic heterocycles. The number of nitrogens with zero attached hydrogens (tertiary/aromatic N) is 3. The van der Waals surface area contributed by atoms with Crippen molar-refractivity contribution in [2.75, 3.05) is 18.0 Å². The third kappa shape index (κ3) is 3.58. The van der Waals surface area contributed by atoms with Gasteiger partial charge in [-0.2, -0.15) is 10.2 Å². The highest BCUT2D eigenvalue weighted by Crippen LogP contribution is 2.31. The minimum atomic E-state index is -0.0637. The lowest BCUT2D eigenvalue weighted by Crippen LogP contribution is -2.40. The summed E-state index contributed by atoms with van der Waals surface area (Å²) in [7, 11) is 0. The average molecular weight is 366 g/mol. The zero-order valence-corrected chi connectivity index (χ0v) is 14.6. The summed E-state index contributed by atoms with van der Waals surface area (Å²) in [4.78, 5) is 18.5. The number of nitrogens with one attached hydrogen (secondary N) is 1. The summed E-state index contributed by atoms with van der Waals surface area (Å²) in [6.07, 6.45) is 6.09. The van der Waals surface area contributed by atoms with Crippen molar-refractivity contribution in [1.29, 1.82) is 5.26 Å². The first-order valence-corrected chi connectivity index (χ1v) is 8.73. The maximum atomic E-state index is 12.4. The topological polar surface area (TPSA) is 108 Å². The number of hydrogen-bond donors (Lipinski definition) is 1. The van der Waals surface area contributed by atoms with E-state index < -0.39 is 0 Å². The number of aromatic nitrogens is 1. The number of carbonyl (C=O) groups is 1. The third-order valence-electron chi connectivity index (χ3n) is 4.65. The lowest BCUT2D eigenvalue weighted by molar-refractivity contribution is -0.125. The minimum Gasteiger partial charge on any atom is -0.472 e. The maximum Gasteiger partial charge on any atom is 0.266 e. The van der Waals surface area contributed by atoms with Gasteiger partial charge in [-0.25, -0.2) is 0 Å². The molecule has 3 aromatic rings. The summed E-state index contributed by atoms with van der Waals surface area (Å²) < 4.78 is 16.0. The summed E-state index contributed by atoms with van der Waals surface area (Å²) >= 11 is 0. The molecule has 8 nitrogen and oxygen atoms in total. The second kappa shape index (κ2) is 7.41. The summed E-state index contributed by atoms with van der Waals surface area (Å²) in [5.41, 5.74) is 1.16. The second-order valence-corrected chi connectivity index (χ2v) is 6.37. The Morgan fingerprint density at radius 2 is 2.19 bits per heavy atom. The van der Waals surface area contributed by atoms with Gasteiger partial charge in [0, 0.05) is 31.1 Å². The Hall–Kier alpha value is -3.47. The molecule has 3 aromatic heterocycles. The fourth-order valence-corrected chi connectivity index (χ4v) is 3.18. The Morgan fingerprint density at radius 1 is 1.33 bits per heavy atom. The van der Waals surface area contributed by atoms with Gasteiger partial charge in [0.2, 0.25) is 17.5 Å². The van der Waals surface area contributed by atoms with E-state index in [1.54, 1.807) is 24.7 Å². The van der Waals surface area contributed by atoms with E-state index in [9.17, 15) is 10.1 Å². The zero-order chi connectivity index (χ0) is 18.6. The molecule has 8 heteroatoms. The van der Waals surface area contributed by atoms with Gasteiger partial charge in [0.25, 0.3) is 5.89 Å². The summed E-state index contributed by atoms with van der Waals surface area (Å²) in [5, 5.41) is 12.3. The van der Waals surface area contributed by atoms with Gasteiger partial charge in [0.1, 0.15) is 6.07 Å². The van der Waals surface area contributed by atoms with Gasteiger partial charge in [-0.15, -0.1) is 0 Å². The Labute approximate surface area is 155 Å². The first-order valence-electron chi connectivity index (χ1n) is 8.73. The Morgan fingerprint density at radius 3 is 2.85 bits per heavy atom. The van der Waals surface area contributed by atoms with Crippen molar-refractivity contribution in [3.05, 3.63) is 48.2 Å². The van der Waals surface area contributed by atoms with Crippen LogP contribution in [0.5, 0.6) is 0 Å². The maximum absolute atomic E-state index is 12.4. The predicted octanol–water partition coefficient (Wildman–Crippen LogP) is 2.93. The predicted molar refractivity (Wildman–Crippen MR) is 94.4 cm³/mol. The van der Waals surface area contributed by atoms with E-state index >= 15 is 0 Å². The largest absolute Gasteiger partial charge is 0.472 e. The van der Waals surface area contributed by atoms with E-state index in [0.29, 0.717) is 44.1 Å². The molecule has 0 aliphatic carbocycles. The molecule has 0 atom stereocenters. The highest BCUT2D eigenvalue weighted by Gasteiger charge is 2.29. The number of nitriles is 1. The molecule has 27 heavy (non-hydrogen) atoms. The van der Waals surface area contributed by atoms with Crippen LogP contribution in [0, 0.1) is 17.2 Å². The van der Waals surface area contributed by atoms with Crippen molar-refractivity contribution < 1.29 is 18.0 Å². The van der Waals surface area contributed by atoms with Gasteiger partial charge in [0.05, 0.1) is 18.8 Å². The normalized spacial score (nSPS) is 14.9. The number of rotatable bonds is 5. The first kappa shape index (κ1) is 17.0. The number of oxazole rings is 1. The van der Waals surface area contributed by atoms with Crippen LogP contribution in [0.4, 0.5) is 5.88 Å². The monoisotopic (exact) mass is 366 g/mol. The first-order chi connectivity index (χ1) is 13.2. The SMILES string of the molecule is N#Cc1nc(-c2ccco2)oc1N1CCC(C(=O)NCc2ccoc2)CC1. The third-order valence-corrected chi connectivity index (χ3v) is 4.65. The molecule has 1 amide bonds. The standard InChI is InChI=1S/C19H18N4O4/c20-10-15-19(27-18(22-15)16-2-1-8-26-16)23-6-3-14(4-7-23)17(24)21-11-13-5-9-25-12-13/h1-2,5,8-9,12,14H,3-4,6-7,11H2,(H,21,24). The van der Waals surface area contributed by atoms with Crippen molar-refractivity contribution in [1.82, 2.24) is 10.3 Å². The fourth-order valence-electron chi connectivity index (χ4n) is 3.18. The number of piperidine rings is 1. The Kier molecular flexibility index (Phi) is 4.66. The molecule has 0 unspecified atom stereocenters. The van der Waals surface area contributed by atoms with E-state index in [1.165, 1.54) is 6.26 Å². The van der Waals surface area contributed by atoms with Crippen LogP contribution in [0.15, 0.2) is 50.2 Å². The van der Waals surface area contributed by atoms with Crippen LogP contribution >= 0.6 is 0 Å². The summed E-state index contributed by atoms with van der Waals surface area (Å²) in [6, 6.07) is 7.36. The molecule has 0 saturated carbocycles. The van der Waals surface area contributed by atoms with Crippen LogP contribution in [0.2, 0.25) is 0 Å². The number of amides is 1. The summed E-state index contributed by atoms with van der Waals surface area (Å²) in [6.45, 7) is 1.69. The van der Waals surface area contributed by atoms with Crippen molar-refractivity contribution in [2.24, 2.45) is 5.92 Å². The van der Waals surface area contributed by atoms with E-state index in [-0.39, 0.29) is 23.4 Å². The van der Waals surface area contributed by atoms with E-state index in [4.69, 9.17) is 13.3 Å². The highest BCUT2D eigenvalue weighted by molar-refractivity contribution is 5.79. The van der Waals surface area contributed by atoms with Gasteiger partial charge >= 0.3 is 0 Å². The van der Waals surface area contributed by atoms with E-state index in [2.05, 4.69) is 16.4 Å². The highest BCUT2D eigenvalue weighted by atomic mass is 16.4. The van der Waals surface area contributed by atoms with Crippen LogP contribution in [-0.4, -0.2) is 24.0 Å². The molecule has 4 rings (SSSR count). The lowest BCUT2D eigenvalue weighted by atomic mass is 9.96. The van der Waals surface area contributed by atoms with Gasteiger partial charge in [0.15, 0.2) is 5.76 Å². The minimum absolute atomic E-state index is 0.0326. The molecule has 0 spiro atoms. The smallest absolute Gasteiger partial charge is 0.266 e. The molecule has 1 N–H and O–H groups in total. The van der Waals surface area contributed by atoms with E-state index in [0.717, 1.165) is 5.56 Å². The quantitative estimate of drug-likeness (QED) is 0.739. The lowest BCUT2D eigenvalue weighted by Gasteiger charge is -2.30. The van der Waals surface area contributed by atoms with Gasteiger partial charge in [-0.05, 0) is 31.0 Å². The molecule has 0 radical (unpaired) electrons. The Bertz CT molecular complexity index is 929. The van der Waals surface area contributed by atoms with Gasteiger partial charge in [-0.1, -0.05) is 0 Å². The number of hydrogen-bond acceptors (Lipinski definition) is 7. The molecule has 4 heterocycles. The van der Waals surface area contributed by atoms with Gasteiger partial charge in [-0.3, -0.25) is 4.79 Å². The van der Waals surface area contributed by atoms with Crippen LogP contribution in [-0.2, 0) is 11.3 Å². The fraction of sp³-hybridized carbons (Fsp3) is 0.316. The molecule has 138 valence electrons. The van der Waals surface area contributed by atoms with Crippen LogP contribution in [0.25, 0.3) is 11.7 Å². The molecule has 1 aliphatic rings. The number of anilines is 1. The summed E-state index contributed by atoms with van der Waals surface area (Å²) in [5.74, 6) is 1.16. The van der Waals surface area contributed by atoms with Crippen LogP contribution < -0.4 is 10.2 Å². The van der Waals surface area contributed by atoms with Crippen LogP contribution in [0.1, 0.15) is 24.1 Å². The second-order valence-electron chi connectivity index (χ2n) is 6.37.